The number of fused-ring (bicyclic) bond motifs is 2. The summed E-state index contributed by atoms with van der Waals surface area (Å²) in [4.78, 5) is 26.1. The number of nitrogens with zero attached hydrogens (tertiary/aromatic N) is 5. The lowest BCUT2D eigenvalue weighted by Gasteiger charge is -2.40. The lowest BCUT2D eigenvalue weighted by Crippen LogP contribution is -2.55. The van der Waals surface area contributed by atoms with Crippen molar-refractivity contribution >= 4 is 29.3 Å². The van der Waals surface area contributed by atoms with E-state index in [0.717, 1.165) is 28.0 Å². The standard InChI is InChI=1S/C29H35ClN6O2/c1-28(2,3)33-27(37)36-13-11-35(12-14-36)26-21-9-8-20(30)16-22(21)23(15-19-7-6-10-32-25(19)26)29(4,38)24-17-31-18-34(24)5/h6-10,15-18,26,38H,11-14H2,1-5H3,(H,33,37)/t26-,29-/m0/s1. The van der Waals surface area contributed by atoms with E-state index in [1.165, 1.54) is 0 Å². The summed E-state index contributed by atoms with van der Waals surface area (Å²) in [5.41, 5.74) is 3.54. The molecule has 3 heterocycles. The van der Waals surface area contributed by atoms with Crippen LogP contribution in [0.2, 0.25) is 5.02 Å². The van der Waals surface area contributed by atoms with E-state index < -0.39 is 5.60 Å². The molecule has 1 fully saturated rings. The number of urea groups is 1. The average Bonchev–Trinajstić information content (AvgIpc) is 3.24. The first-order chi connectivity index (χ1) is 18.0. The second kappa shape index (κ2) is 9.84. The minimum Gasteiger partial charge on any atom is -0.379 e. The SMILES string of the molecule is Cn1cncc1[C@@](C)(O)C1=Cc2cccnc2[C@@H](N2CCN(C(=O)NC(C)(C)C)CC2)c2ccc(Cl)cc21. The molecule has 0 saturated carbocycles. The molecule has 9 heteroatoms. The number of pyridine rings is 1. The fraction of sp³-hybridized carbons (Fsp3) is 0.414. The van der Waals surface area contributed by atoms with Crippen molar-refractivity contribution in [2.45, 2.75) is 44.9 Å². The molecule has 8 nitrogen and oxygen atoms in total. The summed E-state index contributed by atoms with van der Waals surface area (Å²) in [6, 6.07) is 9.61. The molecule has 3 aromatic rings. The zero-order valence-corrected chi connectivity index (χ0v) is 23.3. The monoisotopic (exact) mass is 534 g/mol. The molecule has 2 amide bonds. The Labute approximate surface area is 229 Å². The van der Waals surface area contributed by atoms with Crippen molar-refractivity contribution in [2.75, 3.05) is 26.2 Å². The van der Waals surface area contributed by atoms with Gasteiger partial charge < -0.3 is 19.9 Å². The number of aliphatic hydroxyl groups is 1. The number of hydrogen-bond donors (Lipinski definition) is 2. The molecule has 0 bridgehead atoms. The normalized spacial score (nSPS) is 19.6. The number of aryl methyl sites for hydroxylation is 1. The molecular formula is C29H35ClN6O2. The molecule has 5 rings (SSSR count). The minimum absolute atomic E-state index is 0.0418. The second-order valence-electron chi connectivity index (χ2n) is 11.3. The van der Waals surface area contributed by atoms with Crippen molar-refractivity contribution in [3.8, 4) is 0 Å². The van der Waals surface area contributed by atoms with Gasteiger partial charge in [0.1, 0.15) is 5.60 Å². The van der Waals surface area contributed by atoms with Crippen molar-refractivity contribution in [2.24, 2.45) is 7.05 Å². The molecule has 2 N–H and O–H groups in total. The average molecular weight is 535 g/mol. The largest absolute Gasteiger partial charge is 0.379 e. The van der Waals surface area contributed by atoms with Crippen LogP contribution >= 0.6 is 11.6 Å². The van der Waals surface area contributed by atoms with Gasteiger partial charge in [-0.15, -0.1) is 0 Å². The Kier molecular flexibility index (Phi) is 6.84. The van der Waals surface area contributed by atoms with Crippen LogP contribution in [0.5, 0.6) is 0 Å². The van der Waals surface area contributed by atoms with E-state index in [1.54, 1.807) is 19.4 Å². The first-order valence-corrected chi connectivity index (χ1v) is 13.3. The summed E-state index contributed by atoms with van der Waals surface area (Å²) in [6.07, 6.45) is 7.22. The molecule has 0 radical (unpaired) electrons. The van der Waals surface area contributed by atoms with Crippen molar-refractivity contribution in [1.29, 1.82) is 0 Å². The van der Waals surface area contributed by atoms with Crippen LogP contribution in [-0.2, 0) is 12.6 Å². The number of amides is 2. The molecule has 38 heavy (non-hydrogen) atoms. The van der Waals surface area contributed by atoms with Gasteiger partial charge in [-0.05, 0) is 74.2 Å². The molecule has 2 aromatic heterocycles. The predicted molar refractivity (Wildman–Crippen MR) is 150 cm³/mol. The van der Waals surface area contributed by atoms with Crippen molar-refractivity contribution in [3.63, 3.8) is 0 Å². The lowest BCUT2D eigenvalue weighted by molar-refractivity contribution is 0.112. The van der Waals surface area contributed by atoms with Crippen LogP contribution in [0.3, 0.4) is 0 Å². The summed E-state index contributed by atoms with van der Waals surface area (Å²) < 4.78 is 1.83. The number of rotatable bonds is 3. The van der Waals surface area contributed by atoms with E-state index in [4.69, 9.17) is 16.6 Å². The number of benzene rings is 1. The van der Waals surface area contributed by atoms with E-state index in [0.29, 0.717) is 36.9 Å². The van der Waals surface area contributed by atoms with Crippen molar-refractivity contribution in [1.82, 2.24) is 29.7 Å². The van der Waals surface area contributed by atoms with E-state index in [1.807, 2.05) is 79.9 Å². The molecule has 1 aromatic carbocycles. The molecule has 2 atom stereocenters. The fourth-order valence-corrected chi connectivity index (χ4v) is 5.65. The van der Waals surface area contributed by atoms with Gasteiger partial charge >= 0.3 is 6.03 Å². The zero-order valence-electron chi connectivity index (χ0n) is 22.6. The van der Waals surface area contributed by atoms with Gasteiger partial charge in [-0.25, -0.2) is 9.78 Å². The molecule has 2 aliphatic rings. The van der Waals surface area contributed by atoms with Gasteiger partial charge in [0.2, 0.25) is 0 Å². The summed E-state index contributed by atoms with van der Waals surface area (Å²) in [5.74, 6) is 0. The van der Waals surface area contributed by atoms with E-state index in [-0.39, 0.29) is 17.6 Å². The lowest BCUT2D eigenvalue weighted by atomic mass is 9.84. The fourth-order valence-electron chi connectivity index (χ4n) is 5.48. The van der Waals surface area contributed by atoms with Gasteiger partial charge in [-0.2, -0.15) is 0 Å². The number of hydrogen-bond acceptors (Lipinski definition) is 5. The Balaban J connectivity index is 1.57. The maximum Gasteiger partial charge on any atom is 0.317 e. The van der Waals surface area contributed by atoms with Crippen LogP contribution in [0.4, 0.5) is 4.79 Å². The number of carbonyl (C=O) groups is 1. The molecule has 1 saturated heterocycles. The molecule has 0 spiro atoms. The molecule has 200 valence electrons. The Morgan fingerprint density at radius 3 is 2.53 bits per heavy atom. The van der Waals surface area contributed by atoms with Gasteiger partial charge in [0.25, 0.3) is 0 Å². The van der Waals surface area contributed by atoms with Crippen molar-refractivity contribution < 1.29 is 9.90 Å². The Morgan fingerprint density at radius 1 is 1.13 bits per heavy atom. The smallest absolute Gasteiger partial charge is 0.317 e. The third-order valence-electron chi connectivity index (χ3n) is 7.32. The van der Waals surface area contributed by atoms with E-state index >= 15 is 0 Å². The number of aromatic nitrogens is 3. The summed E-state index contributed by atoms with van der Waals surface area (Å²) in [7, 11) is 1.88. The van der Waals surface area contributed by atoms with Crippen LogP contribution in [0.25, 0.3) is 11.6 Å². The topological polar surface area (TPSA) is 86.5 Å². The third kappa shape index (κ3) is 4.96. The summed E-state index contributed by atoms with van der Waals surface area (Å²) >= 11 is 6.55. The zero-order chi connectivity index (χ0) is 27.2. The maximum absolute atomic E-state index is 12.8. The minimum atomic E-state index is -1.34. The summed E-state index contributed by atoms with van der Waals surface area (Å²) in [5, 5.41) is 15.7. The first kappa shape index (κ1) is 26.4. The van der Waals surface area contributed by atoms with Gasteiger partial charge in [0.05, 0.1) is 30.0 Å². The number of halogens is 1. The maximum atomic E-state index is 12.8. The quantitative estimate of drug-likeness (QED) is 0.518. The van der Waals surface area contributed by atoms with Crippen LogP contribution in [-0.4, -0.2) is 67.2 Å². The molecule has 1 aliphatic carbocycles. The number of carbonyl (C=O) groups excluding carboxylic acids is 1. The number of imidazole rings is 1. The van der Waals surface area contributed by atoms with Crippen LogP contribution < -0.4 is 5.32 Å². The highest BCUT2D eigenvalue weighted by Gasteiger charge is 2.39. The molecular weight excluding hydrogens is 500 g/mol. The Hall–Kier alpha value is -3.20. The van der Waals surface area contributed by atoms with Crippen LogP contribution in [0.15, 0.2) is 49.1 Å². The van der Waals surface area contributed by atoms with Gasteiger partial charge in [0, 0.05) is 50.0 Å². The van der Waals surface area contributed by atoms with E-state index in [2.05, 4.69) is 15.2 Å². The first-order valence-electron chi connectivity index (χ1n) is 12.9. The Bertz CT molecular complexity index is 1380. The molecule has 0 unspecified atom stereocenters. The highest BCUT2D eigenvalue weighted by atomic mass is 35.5. The van der Waals surface area contributed by atoms with Crippen molar-refractivity contribution in [3.05, 3.63) is 82.2 Å². The van der Waals surface area contributed by atoms with Gasteiger partial charge in [0.15, 0.2) is 0 Å². The summed E-state index contributed by atoms with van der Waals surface area (Å²) in [6.45, 7) is 10.4. The van der Waals surface area contributed by atoms with Gasteiger partial charge in [-0.3, -0.25) is 9.88 Å². The third-order valence-corrected chi connectivity index (χ3v) is 7.55. The predicted octanol–water partition coefficient (Wildman–Crippen LogP) is 4.45. The van der Waals surface area contributed by atoms with Crippen LogP contribution in [0, 0.1) is 0 Å². The Morgan fingerprint density at radius 2 is 1.87 bits per heavy atom. The number of nitrogens with one attached hydrogen (secondary N) is 1. The van der Waals surface area contributed by atoms with Crippen LogP contribution in [0.1, 0.15) is 61.8 Å². The van der Waals surface area contributed by atoms with E-state index in [9.17, 15) is 9.90 Å². The molecule has 1 aliphatic heterocycles. The highest BCUT2D eigenvalue weighted by molar-refractivity contribution is 6.30. The highest BCUT2D eigenvalue weighted by Crippen LogP contribution is 2.46. The van der Waals surface area contributed by atoms with Gasteiger partial charge in [-0.1, -0.05) is 23.7 Å². The number of piperazine rings is 1. The second-order valence-corrected chi connectivity index (χ2v) is 11.8.